The Labute approximate surface area is 118 Å². The van der Waals surface area contributed by atoms with Gasteiger partial charge in [-0.25, -0.2) is 0 Å². The number of hydrogen-bond donors (Lipinski definition) is 2. The van der Waals surface area contributed by atoms with Gasteiger partial charge >= 0.3 is 0 Å². The Morgan fingerprint density at radius 1 is 1.15 bits per heavy atom. The highest BCUT2D eigenvalue weighted by atomic mass is 15.3. The van der Waals surface area contributed by atoms with Crippen molar-refractivity contribution in [3.05, 3.63) is 18.5 Å². The molecule has 2 rings (SSSR count). The topological polar surface area (TPSA) is 83.8 Å². The average molecular weight is 276 g/mol. The van der Waals surface area contributed by atoms with Gasteiger partial charge in [-0.3, -0.25) is 4.68 Å². The van der Waals surface area contributed by atoms with Crippen molar-refractivity contribution in [1.82, 2.24) is 24.7 Å². The second kappa shape index (κ2) is 6.69. The number of anilines is 3. The van der Waals surface area contributed by atoms with Crippen LogP contribution >= 0.6 is 0 Å². The van der Waals surface area contributed by atoms with Gasteiger partial charge in [-0.05, 0) is 13.0 Å². The summed E-state index contributed by atoms with van der Waals surface area (Å²) >= 11 is 0. The first-order valence-corrected chi connectivity index (χ1v) is 6.57. The van der Waals surface area contributed by atoms with Gasteiger partial charge in [0.2, 0.25) is 17.8 Å². The summed E-state index contributed by atoms with van der Waals surface area (Å²) in [5, 5.41) is 10.4. The van der Waals surface area contributed by atoms with Gasteiger partial charge in [0.15, 0.2) is 0 Å². The highest BCUT2D eigenvalue weighted by Gasteiger charge is 2.07. The van der Waals surface area contributed by atoms with E-state index in [-0.39, 0.29) is 0 Å². The van der Waals surface area contributed by atoms with Crippen molar-refractivity contribution >= 4 is 17.8 Å². The molecule has 0 fully saturated rings. The molecule has 0 aliphatic heterocycles. The van der Waals surface area contributed by atoms with Gasteiger partial charge in [0, 0.05) is 39.6 Å². The molecule has 20 heavy (non-hydrogen) atoms. The summed E-state index contributed by atoms with van der Waals surface area (Å²) in [4.78, 5) is 14.8. The fourth-order valence-corrected chi connectivity index (χ4v) is 1.60. The quantitative estimate of drug-likeness (QED) is 0.769. The highest BCUT2D eigenvalue weighted by molar-refractivity contribution is 5.42. The normalized spacial score (nSPS) is 10.3. The first-order valence-electron chi connectivity index (χ1n) is 6.57. The lowest BCUT2D eigenvalue weighted by atomic mass is 10.6. The van der Waals surface area contributed by atoms with Crippen molar-refractivity contribution < 1.29 is 0 Å². The van der Waals surface area contributed by atoms with Gasteiger partial charge in [-0.2, -0.15) is 20.1 Å². The summed E-state index contributed by atoms with van der Waals surface area (Å²) in [6.45, 7) is 4.23. The van der Waals surface area contributed by atoms with Crippen LogP contribution in [0.25, 0.3) is 0 Å². The molecule has 0 radical (unpaired) electrons. The zero-order chi connectivity index (χ0) is 14.4. The lowest BCUT2D eigenvalue weighted by molar-refractivity contribution is 0.636. The second-order valence-electron chi connectivity index (χ2n) is 4.40. The first-order chi connectivity index (χ1) is 9.69. The van der Waals surface area contributed by atoms with E-state index in [1.807, 2.05) is 42.9 Å². The lowest BCUT2D eigenvalue weighted by Crippen LogP contribution is -2.18. The average Bonchev–Trinajstić information content (AvgIpc) is 2.92. The summed E-state index contributed by atoms with van der Waals surface area (Å²) in [5.41, 5.74) is 0. The molecule has 108 valence electrons. The summed E-state index contributed by atoms with van der Waals surface area (Å²) in [7, 11) is 3.80. The minimum absolute atomic E-state index is 0.562. The molecular weight excluding hydrogens is 256 g/mol. The van der Waals surface area contributed by atoms with Gasteiger partial charge in [0.1, 0.15) is 0 Å². The van der Waals surface area contributed by atoms with Gasteiger partial charge in [0.25, 0.3) is 0 Å². The Morgan fingerprint density at radius 3 is 2.50 bits per heavy atom. The maximum Gasteiger partial charge on any atom is 0.231 e. The van der Waals surface area contributed by atoms with Gasteiger partial charge < -0.3 is 15.5 Å². The Balaban J connectivity index is 2.01. The predicted molar refractivity (Wildman–Crippen MR) is 79.0 cm³/mol. The van der Waals surface area contributed by atoms with E-state index in [0.29, 0.717) is 24.4 Å². The molecule has 0 aliphatic rings. The Hall–Kier alpha value is -2.38. The molecular formula is C12H20N8. The molecule has 0 aromatic carbocycles. The van der Waals surface area contributed by atoms with E-state index >= 15 is 0 Å². The van der Waals surface area contributed by atoms with Gasteiger partial charge in [-0.1, -0.05) is 0 Å². The first kappa shape index (κ1) is 14.0. The number of nitrogens with zero attached hydrogens (tertiary/aromatic N) is 6. The maximum atomic E-state index is 4.36. The monoisotopic (exact) mass is 276 g/mol. The maximum absolute atomic E-state index is 4.36. The number of nitrogens with one attached hydrogen (secondary N) is 2. The number of rotatable bonds is 7. The molecule has 2 N–H and O–H groups in total. The van der Waals surface area contributed by atoms with Crippen molar-refractivity contribution in [2.45, 2.75) is 13.5 Å². The van der Waals surface area contributed by atoms with Gasteiger partial charge in [-0.15, -0.1) is 0 Å². The molecule has 2 heterocycles. The fourth-order valence-electron chi connectivity index (χ4n) is 1.60. The van der Waals surface area contributed by atoms with Crippen molar-refractivity contribution in [3.8, 4) is 0 Å². The van der Waals surface area contributed by atoms with Crippen molar-refractivity contribution in [2.24, 2.45) is 0 Å². The summed E-state index contributed by atoms with van der Waals surface area (Å²) in [5.74, 6) is 1.76. The Kier molecular flexibility index (Phi) is 4.70. The minimum atomic E-state index is 0.562. The predicted octanol–water partition coefficient (Wildman–Crippen LogP) is 0.678. The third kappa shape index (κ3) is 3.81. The van der Waals surface area contributed by atoms with Crippen molar-refractivity contribution in [3.63, 3.8) is 0 Å². The minimum Gasteiger partial charge on any atom is -0.354 e. The van der Waals surface area contributed by atoms with E-state index in [9.17, 15) is 0 Å². The summed E-state index contributed by atoms with van der Waals surface area (Å²) in [6.07, 6.45) is 3.68. The molecule has 2 aromatic rings. The molecule has 8 nitrogen and oxygen atoms in total. The van der Waals surface area contributed by atoms with Crippen LogP contribution < -0.4 is 15.5 Å². The summed E-state index contributed by atoms with van der Waals surface area (Å²) < 4.78 is 1.85. The molecule has 2 aromatic heterocycles. The molecule has 0 aliphatic carbocycles. The highest BCUT2D eigenvalue weighted by Crippen LogP contribution is 2.10. The van der Waals surface area contributed by atoms with Crippen LogP contribution in [0.5, 0.6) is 0 Å². The zero-order valence-electron chi connectivity index (χ0n) is 12.0. The molecule has 0 saturated carbocycles. The number of aromatic nitrogens is 5. The summed E-state index contributed by atoms with van der Waals surface area (Å²) in [6, 6.07) is 1.90. The van der Waals surface area contributed by atoms with E-state index in [0.717, 1.165) is 13.1 Å². The Morgan fingerprint density at radius 2 is 1.90 bits per heavy atom. The van der Waals surface area contributed by atoms with Crippen LogP contribution in [0.4, 0.5) is 17.8 Å². The van der Waals surface area contributed by atoms with E-state index in [1.165, 1.54) is 0 Å². The van der Waals surface area contributed by atoms with Gasteiger partial charge in [0.05, 0.1) is 6.54 Å². The molecule has 0 unspecified atom stereocenters. The van der Waals surface area contributed by atoms with E-state index < -0.39 is 0 Å². The van der Waals surface area contributed by atoms with Crippen molar-refractivity contribution in [2.75, 3.05) is 42.7 Å². The third-order valence-electron chi connectivity index (χ3n) is 2.54. The van der Waals surface area contributed by atoms with E-state index in [1.54, 1.807) is 6.20 Å². The van der Waals surface area contributed by atoms with Crippen molar-refractivity contribution in [1.29, 1.82) is 0 Å². The largest absolute Gasteiger partial charge is 0.354 e. The zero-order valence-corrected chi connectivity index (χ0v) is 12.0. The standard InChI is InChI=1S/C12H20N8/c1-4-13-10-16-11(18-12(17-10)19(2)3)14-7-9-20-8-5-6-15-20/h5-6,8H,4,7,9H2,1-3H3,(H2,13,14,16,17,18). The SMILES string of the molecule is CCNc1nc(NCCn2cccn2)nc(N(C)C)n1. The number of hydrogen-bond acceptors (Lipinski definition) is 7. The molecule has 0 atom stereocenters. The van der Waals surface area contributed by atoms with Crippen LogP contribution in [0.3, 0.4) is 0 Å². The Bertz CT molecular complexity index is 522. The molecule has 8 heteroatoms. The smallest absolute Gasteiger partial charge is 0.231 e. The van der Waals surface area contributed by atoms with Crippen LogP contribution in [0.15, 0.2) is 18.5 Å². The molecule has 0 bridgehead atoms. The van der Waals surface area contributed by atoms with Crippen LogP contribution in [-0.2, 0) is 6.54 Å². The molecule has 0 spiro atoms. The molecule has 0 saturated heterocycles. The fraction of sp³-hybridized carbons (Fsp3) is 0.500. The van der Waals surface area contributed by atoms with E-state index in [2.05, 4.69) is 30.7 Å². The van der Waals surface area contributed by atoms with Crippen LogP contribution in [0.2, 0.25) is 0 Å². The van der Waals surface area contributed by atoms with Crippen LogP contribution in [0, 0.1) is 0 Å². The van der Waals surface area contributed by atoms with Crippen LogP contribution in [-0.4, -0.2) is 51.9 Å². The van der Waals surface area contributed by atoms with Crippen LogP contribution in [0.1, 0.15) is 6.92 Å². The lowest BCUT2D eigenvalue weighted by Gasteiger charge is -2.13. The molecule has 0 amide bonds. The second-order valence-corrected chi connectivity index (χ2v) is 4.40. The van der Waals surface area contributed by atoms with E-state index in [4.69, 9.17) is 0 Å². The third-order valence-corrected chi connectivity index (χ3v) is 2.54.